The lowest BCUT2D eigenvalue weighted by atomic mass is 10.2. The van der Waals surface area contributed by atoms with Crippen LogP contribution in [0.1, 0.15) is 23.2 Å². The van der Waals surface area contributed by atoms with E-state index in [1.807, 2.05) is 0 Å². The number of amides is 1. The first-order valence-corrected chi connectivity index (χ1v) is 7.86. The van der Waals surface area contributed by atoms with Crippen molar-refractivity contribution in [3.63, 3.8) is 0 Å². The van der Waals surface area contributed by atoms with Crippen molar-refractivity contribution in [3.05, 3.63) is 46.2 Å². The lowest BCUT2D eigenvalue weighted by molar-refractivity contribution is 0.102. The standard InChI is InChI=1S/C16H14Cl2N2O3/c17-11-6-19-7-12(18)15(11)20-16(22)10-3-4-14(13(21)5-10)23-8-9-1-2-9/h3-7,9,21H,1-2,8H2,(H,19,20,22). The normalized spacial score (nSPS) is 13.7. The maximum atomic E-state index is 12.3. The van der Waals surface area contributed by atoms with Gasteiger partial charge in [-0.2, -0.15) is 0 Å². The summed E-state index contributed by atoms with van der Waals surface area (Å²) in [7, 11) is 0. The number of aromatic nitrogens is 1. The van der Waals surface area contributed by atoms with Crippen LogP contribution < -0.4 is 10.1 Å². The van der Waals surface area contributed by atoms with Crippen LogP contribution in [0.5, 0.6) is 11.5 Å². The molecule has 1 saturated carbocycles. The molecule has 0 saturated heterocycles. The SMILES string of the molecule is O=C(Nc1c(Cl)cncc1Cl)c1ccc(OCC2CC2)c(O)c1. The third kappa shape index (κ3) is 3.86. The zero-order chi connectivity index (χ0) is 16.4. The van der Waals surface area contributed by atoms with E-state index in [1.54, 1.807) is 12.1 Å². The van der Waals surface area contributed by atoms with E-state index >= 15 is 0 Å². The third-order valence-corrected chi connectivity index (χ3v) is 4.06. The van der Waals surface area contributed by atoms with Gasteiger partial charge in [-0.05, 0) is 37.0 Å². The number of phenols is 1. The number of aromatic hydroxyl groups is 1. The maximum absolute atomic E-state index is 12.3. The Hall–Kier alpha value is -1.98. The van der Waals surface area contributed by atoms with Crippen molar-refractivity contribution in [1.82, 2.24) is 4.98 Å². The van der Waals surface area contributed by atoms with Crippen LogP contribution in [0, 0.1) is 5.92 Å². The summed E-state index contributed by atoms with van der Waals surface area (Å²) in [5.41, 5.74) is 0.548. The van der Waals surface area contributed by atoms with Crippen molar-refractivity contribution in [2.24, 2.45) is 5.92 Å². The van der Waals surface area contributed by atoms with Gasteiger partial charge >= 0.3 is 0 Å². The molecule has 1 fully saturated rings. The molecule has 0 radical (unpaired) electrons. The zero-order valence-corrected chi connectivity index (χ0v) is 13.6. The molecule has 5 nitrogen and oxygen atoms in total. The highest BCUT2D eigenvalue weighted by Crippen LogP contribution is 2.33. The Bertz CT molecular complexity index is 728. The van der Waals surface area contributed by atoms with Gasteiger partial charge in [0.1, 0.15) is 0 Å². The van der Waals surface area contributed by atoms with E-state index in [1.165, 1.54) is 18.5 Å². The van der Waals surface area contributed by atoms with Gasteiger partial charge in [-0.3, -0.25) is 9.78 Å². The first-order chi connectivity index (χ1) is 11.0. The highest BCUT2D eigenvalue weighted by atomic mass is 35.5. The summed E-state index contributed by atoms with van der Waals surface area (Å²) in [5, 5.41) is 13.1. The van der Waals surface area contributed by atoms with Crippen molar-refractivity contribution < 1.29 is 14.6 Å². The highest BCUT2D eigenvalue weighted by molar-refractivity contribution is 6.39. The van der Waals surface area contributed by atoms with Crippen molar-refractivity contribution in [2.45, 2.75) is 12.8 Å². The second kappa shape index (κ2) is 6.64. The van der Waals surface area contributed by atoms with E-state index in [-0.39, 0.29) is 27.0 Å². The number of carbonyl (C=O) groups is 1. The van der Waals surface area contributed by atoms with Crippen LogP contribution in [0.3, 0.4) is 0 Å². The van der Waals surface area contributed by atoms with E-state index in [0.29, 0.717) is 18.3 Å². The summed E-state index contributed by atoms with van der Waals surface area (Å²) in [6.45, 7) is 0.585. The summed E-state index contributed by atoms with van der Waals surface area (Å²) in [4.78, 5) is 16.1. The van der Waals surface area contributed by atoms with Gasteiger partial charge in [0.05, 0.1) is 22.3 Å². The molecule has 2 N–H and O–H groups in total. The lowest BCUT2D eigenvalue weighted by Crippen LogP contribution is -2.13. The number of ether oxygens (including phenoxy) is 1. The van der Waals surface area contributed by atoms with Gasteiger partial charge in [0.2, 0.25) is 0 Å². The molecule has 0 aliphatic heterocycles. The van der Waals surface area contributed by atoms with Gasteiger partial charge < -0.3 is 15.2 Å². The van der Waals surface area contributed by atoms with E-state index in [4.69, 9.17) is 27.9 Å². The summed E-state index contributed by atoms with van der Waals surface area (Å²) in [5.74, 6) is 0.427. The lowest BCUT2D eigenvalue weighted by Gasteiger charge is -2.11. The number of hydrogen-bond donors (Lipinski definition) is 2. The van der Waals surface area contributed by atoms with E-state index in [0.717, 1.165) is 12.8 Å². The van der Waals surface area contributed by atoms with Crippen molar-refractivity contribution in [1.29, 1.82) is 0 Å². The average molecular weight is 353 g/mol. The van der Waals surface area contributed by atoms with Gasteiger partial charge in [0.15, 0.2) is 11.5 Å². The number of nitrogens with one attached hydrogen (secondary N) is 1. The molecular weight excluding hydrogens is 339 g/mol. The molecule has 2 aromatic rings. The zero-order valence-electron chi connectivity index (χ0n) is 12.1. The number of phenolic OH excluding ortho intramolecular Hbond substituents is 1. The average Bonchev–Trinajstić information content (AvgIpc) is 3.34. The molecule has 1 aromatic heterocycles. The Labute approximate surface area is 143 Å². The van der Waals surface area contributed by atoms with E-state index in [2.05, 4.69) is 10.3 Å². The minimum absolute atomic E-state index is 0.0785. The Morgan fingerprint density at radius 3 is 2.61 bits per heavy atom. The second-order valence-electron chi connectivity index (χ2n) is 5.37. The Balaban J connectivity index is 1.73. The fourth-order valence-corrected chi connectivity index (χ4v) is 2.45. The van der Waals surface area contributed by atoms with Crippen molar-refractivity contribution >= 4 is 34.8 Å². The molecular formula is C16H14Cl2N2O3. The number of nitrogens with zero attached hydrogens (tertiary/aromatic N) is 1. The Morgan fingerprint density at radius 1 is 1.30 bits per heavy atom. The molecule has 1 amide bonds. The van der Waals surface area contributed by atoms with Gasteiger partial charge in [-0.25, -0.2) is 0 Å². The molecule has 0 bridgehead atoms. The predicted octanol–water partition coefficient (Wildman–Crippen LogP) is 4.14. The molecule has 120 valence electrons. The summed E-state index contributed by atoms with van der Waals surface area (Å²) >= 11 is 11.9. The number of pyridine rings is 1. The Kier molecular flexibility index (Phi) is 4.59. The quantitative estimate of drug-likeness (QED) is 0.848. The maximum Gasteiger partial charge on any atom is 0.255 e. The van der Waals surface area contributed by atoms with Gasteiger partial charge in [0, 0.05) is 18.0 Å². The number of carbonyl (C=O) groups excluding carboxylic acids is 1. The number of hydrogen-bond acceptors (Lipinski definition) is 4. The van der Waals surface area contributed by atoms with Crippen molar-refractivity contribution in [3.8, 4) is 11.5 Å². The fourth-order valence-electron chi connectivity index (χ4n) is 1.99. The smallest absolute Gasteiger partial charge is 0.255 e. The molecule has 1 aliphatic carbocycles. The number of rotatable bonds is 5. The summed E-state index contributed by atoms with van der Waals surface area (Å²) in [6, 6.07) is 4.49. The molecule has 0 unspecified atom stereocenters. The largest absolute Gasteiger partial charge is 0.504 e. The highest BCUT2D eigenvalue weighted by Gasteiger charge is 2.22. The molecule has 1 aromatic carbocycles. The molecule has 3 rings (SSSR count). The molecule has 0 spiro atoms. The molecule has 1 heterocycles. The van der Waals surface area contributed by atoms with E-state index in [9.17, 15) is 9.90 Å². The van der Waals surface area contributed by atoms with Gasteiger partial charge in [0.25, 0.3) is 5.91 Å². The van der Waals surface area contributed by atoms with Crippen molar-refractivity contribution in [2.75, 3.05) is 11.9 Å². The van der Waals surface area contributed by atoms with Crippen LogP contribution in [-0.4, -0.2) is 22.6 Å². The molecule has 1 aliphatic rings. The molecule has 0 atom stereocenters. The summed E-state index contributed by atoms with van der Waals surface area (Å²) < 4.78 is 5.52. The van der Waals surface area contributed by atoms with Crippen LogP contribution >= 0.6 is 23.2 Å². The predicted molar refractivity (Wildman–Crippen MR) is 88.5 cm³/mol. The van der Waals surface area contributed by atoms with Gasteiger partial charge in [-0.1, -0.05) is 23.2 Å². The monoisotopic (exact) mass is 352 g/mol. The fraction of sp³-hybridized carbons (Fsp3) is 0.250. The number of anilines is 1. The van der Waals surface area contributed by atoms with Crippen LogP contribution in [-0.2, 0) is 0 Å². The van der Waals surface area contributed by atoms with E-state index < -0.39 is 5.91 Å². The minimum atomic E-state index is -0.441. The van der Waals surface area contributed by atoms with Crippen LogP contribution in [0.15, 0.2) is 30.6 Å². The minimum Gasteiger partial charge on any atom is -0.504 e. The Morgan fingerprint density at radius 2 is 2.00 bits per heavy atom. The molecule has 7 heteroatoms. The van der Waals surface area contributed by atoms with Crippen LogP contribution in [0.25, 0.3) is 0 Å². The number of halogens is 2. The van der Waals surface area contributed by atoms with Gasteiger partial charge in [-0.15, -0.1) is 0 Å². The van der Waals surface area contributed by atoms with Crippen LogP contribution in [0.2, 0.25) is 10.0 Å². The first-order valence-electron chi connectivity index (χ1n) is 7.11. The number of benzene rings is 1. The second-order valence-corrected chi connectivity index (χ2v) is 6.18. The summed E-state index contributed by atoms with van der Waals surface area (Å²) in [6.07, 6.45) is 5.09. The first kappa shape index (κ1) is 15.9. The third-order valence-electron chi connectivity index (χ3n) is 3.48. The molecule has 23 heavy (non-hydrogen) atoms. The van der Waals surface area contributed by atoms with Crippen LogP contribution in [0.4, 0.5) is 5.69 Å². The topological polar surface area (TPSA) is 71.5 Å².